The minimum absolute atomic E-state index is 0.0165. The molecule has 0 saturated heterocycles. The van der Waals surface area contributed by atoms with Gasteiger partial charge in [-0.15, -0.1) is 0 Å². The average molecular weight is 415 g/mol. The van der Waals surface area contributed by atoms with Gasteiger partial charge < -0.3 is 10.2 Å². The summed E-state index contributed by atoms with van der Waals surface area (Å²) in [7, 11) is 0. The van der Waals surface area contributed by atoms with E-state index in [4.69, 9.17) is 0 Å². The highest BCUT2D eigenvalue weighted by atomic mass is 19.1. The third-order valence-electron chi connectivity index (χ3n) is 4.72. The van der Waals surface area contributed by atoms with Gasteiger partial charge in [0.1, 0.15) is 29.7 Å². The van der Waals surface area contributed by atoms with E-state index in [2.05, 4.69) is 15.0 Å². The van der Waals surface area contributed by atoms with E-state index >= 15 is 0 Å². The van der Waals surface area contributed by atoms with Crippen LogP contribution in [0.2, 0.25) is 0 Å². The Morgan fingerprint density at radius 3 is 2.55 bits per heavy atom. The summed E-state index contributed by atoms with van der Waals surface area (Å²) in [6.07, 6.45) is 5.47. The van der Waals surface area contributed by atoms with Gasteiger partial charge in [0.15, 0.2) is 0 Å². The third-order valence-corrected chi connectivity index (χ3v) is 4.72. The molecular weight excluding hydrogens is 401 g/mol. The lowest BCUT2D eigenvalue weighted by atomic mass is 9.97. The topological polar surface area (TPSA) is 125 Å². The van der Waals surface area contributed by atoms with Crippen LogP contribution in [0.4, 0.5) is 4.39 Å². The summed E-state index contributed by atoms with van der Waals surface area (Å²) >= 11 is 0. The monoisotopic (exact) mass is 415 g/mol. The zero-order chi connectivity index (χ0) is 22.0. The summed E-state index contributed by atoms with van der Waals surface area (Å²) in [5, 5.41) is 29.9. The van der Waals surface area contributed by atoms with Gasteiger partial charge in [-0.25, -0.2) is 14.4 Å². The maximum absolute atomic E-state index is 14.3. The molecule has 0 saturated carbocycles. The van der Waals surface area contributed by atoms with E-state index in [1.54, 1.807) is 6.07 Å². The standard InChI is InChI=1S/C22H14FN5O3/c23-18-4-1-3-14(17(18)8-24)15-7-16(21-20(30)5-2-6-27-21)19(11-29)28(22(15)31)13-9-25-12-26-10-13/h1-7,9-10,12,29-30H,11H2. The fourth-order valence-corrected chi connectivity index (χ4v) is 3.35. The van der Waals surface area contributed by atoms with Gasteiger partial charge in [0.05, 0.1) is 35.9 Å². The summed E-state index contributed by atoms with van der Waals surface area (Å²) in [5.74, 6) is -0.958. The molecule has 2 N–H and O–H groups in total. The predicted octanol–water partition coefficient (Wildman–Crippen LogP) is 2.57. The Bertz CT molecular complexity index is 1380. The van der Waals surface area contributed by atoms with Crippen molar-refractivity contribution in [2.24, 2.45) is 0 Å². The number of aromatic hydroxyl groups is 1. The van der Waals surface area contributed by atoms with Crippen LogP contribution >= 0.6 is 0 Å². The Morgan fingerprint density at radius 2 is 1.87 bits per heavy atom. The largest absolute Gasteiger partial charge is 0.506 e. The van der Waals surface area contributed by atoms with Crippen LogP contribution in [0.5, 0.6) is 5.75 Å². The smallest absolute Gasteiger partial charge is 0.263 e. The van der Waals surface area contributed by atoms with Crippen molar-refractivity contribution < 1.29 is 14.6 Å². The van der Waals surface area contributed by atoms with E-state index in [9.17, 15) is 24.7 Å². The number of halogens is 1. The number of nitriles is 1. The van der Waals surface area contributed by atoms with E-state index in [0.29, 0.717) is 0 Å². The first-order valence-electron chi connectivity index (χ1n) is 9.05. The van der Waals surface area contributed by atoms with Crippen LogP contribution in [0.25, 0.3) is 28.1 Å². The summed E-state index contributed by atoms with van der Waals surface area (Å²) in [4.78, 5) is 25.5. The summed E-state index contributed by atoms with van der Waals surface area (Å²) in [5.41, 5.74) is -0.183. The van der Waals surface area contributed by atoms with Crippen LogP contribution in [0, 0.1) is 17.1 Å². The van der Waals surface area contributed by atoms with Crippen molar-refractivity contribution in [1.29, 1.82) is 5.26 Å². The lowest BCUT2D eigenvalue weighted by Crippen LogP contribution is -2.25. The molecule has 4 rings (SSSR count). The Kier molecular flexibility index (Phi) is 5.22. The number of aromatic nitrogens is 4. The molecule has 8 nitrogen and oxygen atoms in total. The van der Waals surface area contributed by atoms with E-state index in [-0.39, 0.29) is 45.1 Å². The zero-order valence-electron chi connectivity index (χ0n) is 15.9. The van der Waals surface area contributed by atoms with Crippen molar-refractivity contribution in [1.82, 2.24) is 19.5 Å². The molecule has 0 aliphatic rings. The molecule has 3 aromatic heterocycles. The maximum Gasteiger partial charge on any atom is 0.263 e. The molecule has 0 aliphatic carbocycles. The normalized spacial score (nSPS) is 10.6. The van der Waals surface area contributed by atoms with Gasteiger partial charge in [0.25, 0.3) is 5.56 Å². The van der Waals surface area contributed by atoms with Crippen LogP contribution < -0.4 is 5.56 Å². The Hall–Kier alpha value is -4.42. The van der Waals surface area contributed by atoms with Crippen LogP contribution in [0.15, 0.2) is 66.1 Å². The number of hydrogen-bond acceptors (Lipinski definition) is 7. The second-order valence-electron chi connectivity index (χ2n) is 6.46. The molecule has 0 amide bonds. The number of hydrogen-bond donors (Lipinski definition) is 2. The molecule has 4 aromatic rings. The zero-order valence-corrected chi connectivity index (χ0v) is 15.9. The van der Waals surface area contributed by atoms with E-state index in [1.165, 1.54) is 55.2 Å². The van der Waals surface area contributed by atoms with Gasteiger partial charge in [-0.3, -0.25) is 14.3 Å². The number of aliphatic hydroxyl groups is 1. The highest BCUT2D eigenvalue weighted by molar-refractivity contribution is 5.78. The summed E-state index contributed by atoms with van der Waals surface area (Å²) in [6, 6.07) is 10.1. The van der Waals surface area contributed by atoms with Crippen molar-refractivity contribution >= 4 is 0 Å². The number of aliphatic hydroxyl groups excluding tert-OH is 1. The average Bonchev–Trinajstić information content (AvgIpc) is 2.79. The van der Waals surface area contributed by atoms with E-state index < -0.39 is 18.0 Å². The molecule has 1 aromatic carbocycles. The highest BCUT2D eigenvalue weighted by Gasteiger charge is 2.22. The van der Waals surface area contributed by atoms with Crippen molar-refractivity contribution in [3.8, 4) is 39.9 Å². The minimum atomic E-state index is -0.775. The van der Waals surface area contributed by atoms with Gasteiger partial charge in [0.2, 0.25) is 0 Å². The number of nitrogens with zero attached hydrogens (tertiary/aromatic N) is 5. The first kappa shape index (κ1) is 19.9. The van der Waals surface area contributed by atoms with Gasteiger partial charge >= 0.3 is 0 Å². The van der Waals surface area contributed by atoms with Gasteiger partial charge in [-0.05, 0) is 24.3 Å². The van der Waals surface area contributed by atoms with Gasteiger partial charge in [-0.2, -0.15) is 5.26 Å². The first-order chi connectivity index (χ1) is 15.1. The van der Waals surface area contributed by atoms with Gasteiger partial charge in [-0.1, -0.05) is 12.1 Å². The number of rotatable bonds is 4. The van der Waals surface area contributed by atoms with Crippen molar-refractivity contribution in [3.05, 3.63) is 88.7 Å². The van der Waals surface area contributed by atoms with E-state index in [1.807, 2.05) is 0 Å². The van der Waals surface area contributed by atoms with Crippen LogP contribution in [0.3, 0.4) is 0 Å². The molecule has 0 spiro atoms. The molecule has 0 fully saturated rings. The summed E-state index contributed by atoms with van der Waals surface area (Å²) in [6.45, 7) is -0.579. The summed E-state index contributed by atoms with van der Waals surface area (Å²) < 4.78 is 15.4. The minimum Gasteiger partial charge on any atom is -0.506 e. The predicted molar refractivity (Wildman–Crippen MR) is 109 cm³/mol. The molecule has 0 atom stereocenters. The molecule has 3 heterocycles. The lowest BCUT2D eigenvalue weighted by molar-refractivity contribution is 0.274. The maximum atomic E-state index is 14.3. The van der Waals surface area contributed by atoms with Crippen LogP contribution in [0.1, 0.15) is 11.3 Å². The quantitative estimate of drug-likeness (QED) is 0.525. The highest BCUT2D eigenvalue weighted by Crippen LogP contribution is 2.33. The second kappa shape index (κ2) is 8.14. The molecule has 31 heavy (non-hydrogen) atoms. The number of pyridine rings is 2. The van der Waals surface area contributed by atoms with E-state index in [0.717, 1.165) is 10.6 Å². The molecule has 9 heteroatoms. The molecule has 0 bridgehead atoms. The molecule has 0 unspecified atom stereocenters. The fraction of sp³-hybridized carbons (Fsp3) is 0.0455. The van der Waals surface area contributed by atoms with Crippen molar-refractivity contribution in [2.45, 2.75) is 6.61 Å². The Morgan fingerprint density at radius 1 is 1.10 bits per heavy atom. The SMILES string of the molecule is N#Cc1c(F)cccc1-c1cc(-c2ncccc2O)c(CO)n(-c2cncnc2)c1=O. The van der Waals surface area contributed by atoms with Crippen LogP contribution in [-0.4, -0.2) is 29.7 Å². The molecule has 0 aliphatic heterocycles. The third kappa shape index (κ3) is 3.41. The molecule has 152 valence electrons. The van der Waals surface area contributed by atoms with Gasteiger partial charge in [0, 0.05) is 22.9 Å². The first-order valence-corrected chi connectivity index (χ1v) is 9.05. The fourth-order valence-electron chi connectivity index (χ4n) is 3.35. The van der Waals surface area contributed by atoms with Crippen molar-refractivity contribution in [2.75, 3.05) is 0 Å². The second-order valence-corrected chi connectivity index (χ2v) is 6.46. The lowest BCUT2D eigenvalue weighted by Gasteiger charge is -2.18. The Labute approximate surface area is 175 Å². The van der Waals surface area contributed by atoms with Crippen LogP contribution in [-0.2, 0) is 6.61 Å². The Balaban J connectivity index is 2.17. The molecule has 0 radical (unpaired) electrons. The van der Waals surface area contributed by atoms with Crippen molar-refractivity contribution in [3.63, 3.8) is 0 Å². The molecular formula is C22H14FN5O3. The number of benzene rings is 1.